The van der Waals surface area contributed by atoms with Gasteiger partial charge < -0.3 is 17.2 Å². The Morgan fingerprint density at radius 2 is 0.850 bits per heavy atom. The Bertz CT molecular complexity index is 1410. The maximum atomic E-state index is 5.44. The number of hydrogen-bond acceptors (Lipinski definition) is 2. The molecule has 1 saturated heterocycles. The Kier molecular flexibility index (Phi) is 7.74. The largest absolute Gasteiger partial charge is 0.393 e. The molecule has 6 rings (SSSR count). The van der Waals surface area contributed by atoms with Crippen LogP contribution < -0.4 is 0 Å². The van der Waals surface area contributed by atoms with Crippen LogP contribution in [0.1, 0.15) is 46.4 Å². The minimum Gasteiger partial charge on any atom is -0.358 e. The van der Waals surface area contributed by atoms with Crippen molar-refractivity contribution in [3.63, 3.8) is 0 Å². The molecule has 0 aromatic heterocycles. The summed E-state index contributed by atoms with van der Waals surface area (Å²) in [5.41, 5.74) is 5.14. The van der Waals surface area contributed by atoms with Crippen LogP contribution in [0.5, 0.6) is 0 Å². The third kappa shape index (κ3) is 4.66. The molecular weight excluding hydrogens is 490 g/mol. The monoisotopic (exact) mass is 529 g/mol. The number of likely N-dealkylation sites (N-methyl/N-ethyl adjacent to an activating group) is 4. The van der Waals surface area contributed by atoms with Crippen LogP contribution in [0.2, 0.25) is 0 Å². The second kappa shape index (κ2) is 11.4. The molecule has 0 unspecified atom stereocenters. The van der Waals surface area contributed by atoms with Crippen molar-refractivity contribution in [3.05, 3.63) is 151 Å². The third-order valence-corrected chi connectivity index (χ3v) is 8.29. The van der Waals surface area contributed by atoms with Crippen molar-refractivity contribution in [1.82, 2.24) is 14.7 Å². The van der Waals surface area contributed by atoms with E-state index < -0.39 is 0 Å². The highest BCUT2D eigenvalue weighted by molar-refractivity contribution is 5.95. The highest BCUT2D eigenvalue weighted by Crippen LogP contribution is 2.44. The van der Waals surface area contributed by atoms with Gasteiger partial charge >= 0.3 is 5.96 Å². The zero-order chi connectivity index (χ0) is 26.9. The van der Waals surface area contributed by atoms with Gasteiger partial charge in [-0.15, -0.1) is 0 Å². The van der Waals surface area contributed by atoms with Gasteiger partial charge in [0.25, 0.3) is 5.96 Å². The molecule has 40 heavy (non-hydrogen) atoms. The van der Waals surface area contributed by atoms with Crippen molar-refractivity contribution < 1.29 is 4.58 Å². The summed E-state index contributed by atoms with van der Waals surface area (Å²) in [6.45, 7) is 0. The molecule has 4 aromatic rings. The minimum absolute atomic E-state index is 0. The molecule has 4 aromatic carbocycles. The van der Waals surface area contributed by atoms with Crippen LogP contribution in [0.15, 0.2) is 126 Å². The fraction of sp³-hybridized carbons (Fsp3) is 0.229. The summed E-state index contributed by atoms with van der Waals surface area (Å²) in [6.07, 6.45) is 0. The molecule has 2 aliphatic rings. The maximum absolute atomic E-state index is 5.44. The third-order valence-electron chi connectivity index (χ3n) is 8.29. The Hall–Kier alpha value is -4.38. The smallest absolute Gasteiger partial charge is 0.358 e. The Labute approximate surface area is 239 Å². The van der Waals surface area contributed by atoms with Gasteiger partial charge in [-0.25, -0.2) is 0 Å². The molecule has 0 radical (unpaired) electrons. The van der Waals surface area contributed by atoms with Gasteiger partial charge in [-0.3, -0.25) is 9.48 Å². The number of nitrogens with zero attached hydrogens (tertiary/aromatic N) is 5. The van der Waals surface area contributed by atoms with Gasteiger partial charge in [-0.1, -0.05) is 121 Å². The summed E-state index contributed by atoms with van der Waals surface area (Å²) >= 11 is 0. The van der Waals surface area contributed by atoms with Crippen LogP contribution in [0.4, 0.5) is 0 Å². The van der Waals surface area contributed by atoms with Crippen LogP contribution >= 0.6 is 0 Å². The predicted octanol–water partition coefficient (Wildman–Crippen LogP) is 6.58. The highest BCUT2D eigenvalue weighted by Gasteiger charge is 2.49. The van der Waals surface area contributed by atoms with Gasteiger partial charge in [0.15, 0.2) is 0 Å². The molecule has 2 aliphatic heterocycles. The topological polar surface area (TPSA) is 25.1 Å². The molecule has 0 bridgehead atoms. The van der Waals surface area contributed by atoms with E-state index in [-0.39, 0.29) is 31.6 Å². The first-order valence-corrected chi connectivity index (χ1v) is 13.6. The van der Waals surface area contributed by atoms with Gasteiger partial charge in [0, 0.05) is 14.1 Å². The standard InChI is InChI=1S/C34H36N5.CH3/c1-36-29(25-17-9-5-10-18-25)30(26-19-11-6-12-20-26)37(2)33(36)35-34-38(3)31(27-21-13-7-14-22-27)32(39(34)4)28-23-15-8-16-24-28;/h5-24,29-32H,1-4H3;1H3/q+1;-1/t29-,30-,31-,32-;/m1./s1. The van der Waals surface area contributed by atoms with Crippen molar-refractivity contribution in [1.29, 1.82) is 0 Å². The van der Waals surface area contributed by atoms with E-state index in [0.29, 0.717) is 0 Å². The lowest BCUT2D eigenvalue weighted by molar-refractivity contribution is -0.539. The van der Waals surface area contributed by atoms with E-state index in [1.54, 1.807) is 0 Å². The van der Waals surface area contributed by atoms with Crippen molar-refractivity contribution in [2.24, 2.45) is 4.99 Å². The van der Waals surface area contributed by atoms with Gasteiger partial charge in [0.2, 0.25) is 0 Å². The van der Waals surface area contributed by atoms with E-state index in [1.165, 1.54) is 22.3 Å². The molecule has 4 atom stereocenters. The van der Waals surface area contributed by atoms with Crippen molar-refractivity contribution in [2.45, 2.75) is 24.2 Å². The lowest BCUT2D eigenvalue weighted by Crippen LogP contribution is -2.34. The average molecular weight is 530 g/mol. The van der Waals surface area contributed by atoms with Crippen molar-refractivity contribution >= 4 is 11.9 Å². The minimum atomic E-state index is 0. The molecule has 204 valence electrons. The van der Waals surface area contributed by atoms with E-state index in [2.05, 4.69) is 169 Å². The predicted molar refractivity (Wildman–Crippen MR) is 165 cm³/mol. The fourth-order valence-electron chi connectivity index (χ4n) is 6.47. The average Bonchev–Trinajstić information content (AvgIpc) is 3.39. The van der Waals surface area contributed by atoms with Crippen LogP contribution in [-0.4, -0.2) is 59.4 Å². The Morgan fingerprint density at radius 3 is 1.25 bits per heavy atom. The summed E-state index contributed by atoms with van der Waals surface area (Å²) < 4.78 is 2.34. The molecule has 0 spiro atoms. The number of aliphatic imine (C=N–C) groups is 1. The molecule has 5 heteroatoms. The zero-order valence-corrected chi connectivity index (χ0v) is 24.1. The van der Waals surface area contributed by atoms with Crippen molar-refractivity contribution in [3.8, 4) is 0 Å². The number of hydrogen-bond donors (Lipinski definition) is 0. The van der Waals surface area contributed by atoms with Gasteiger partial charge in [0.1, 0.15) is 12.1 Å². The number of benzene rings is 4. The second-order valence-corrected chi connectivity index (χ2v) is 10.6. The van der Waals surface area contributed by atoms with E-state index in [4.69, 9.17) is 4.99 Å². The highest BCUT2D eigenvalue weighted by atomic mass is 15.5. The normalized spacial score (nSPS) is 22.5. The summed E-state index contributed by atoms with van der Waals surface area (Å²) in [5, 5.41) is 0. The molecular formula is C35H39N5. The van der Waals surface area contributed by atoms with E-state index in [9.17, 15) is 0 Å². The first kappa shape index (κ1) is 27.2. The summed E-state index contributed by atoms with van der Waals surface area (Å²) in [7, 11) is 8.70. The quantitative estimate of drug-likeness (QED) is 0.221. The van der Waals surface area contributed by atoms with Gasteiger partial charge in [-0.05, 0) is 27.2 Å². The van der Waals surface area contributed by atoms with Crippen LogP contribution in [0, 0.1) is 7.43 Å². The molecule has 2 heterocycles. The summed E-state index contributed by atoms with van der Waals surface area (Å²) in [6, 6.07) is 43.8. The van der Waals surface area contributed by atoms with E-state index in [1.807, 2.05) is 0 Å². The molecule has 0 aliphatic carbocycles. The Balaban J connectivity index is 0.00000323. The van der Waals surface area contributed by atoms with Crippen LogP contribution in [0.25, 0.3) is 0 Å². The van der Waals surface area contributed by atoms with Crippen molar-refractivity contribution in [2.75, 3.05) is 28.2 Å². The van der Waals surface area contributed by atoms with Crippen LogP contribution in [-0.2, 0) is 0 Å². The molecule has 1 fully saturated rings. The van der Waals surface area contributed by atoms with E-state index in [0.717, 1.165) is 11.9 Å². The lowest BCUT2D eigenvalue weighted by atomic mass is 9.93. The number of guanidine groups is 2. The van der Waals surface area contributed by atoms with Gasteiger partial charge in [-0.2, -0.15) is 0 Å². The summed E-state index contributed by atoms with van der Waals surface area (Å²) in [4.78, 5) is 12.5. The fourth-order valence-corrected chi connectivity index (χ4v) is 6.47. The summed E-state index contributed by atoms with van der Waals surface area (Å²) in [5.74, 6) is 1.93. The molecule has 0 amide bonds. The number of rotatable bonds is 4. The first-order chi connectivity index (χ1) is 19.1. The molecule has 5 nitrogen and oxygen atoms in total. The maximum Gasteiger partial charge on any atom is 0.393 e. The first-order valence-electron chi connectivity index (χ1n) is 13.6. The SMILES string of the molecule is CN1C(=NC2=[N+](C)[C@H](c3ccccc3)[C@@H](c3ccccc3)N2C)N(C)[C@H](c2ccccc2)[C@H]1c1ccccc1.[CH3-]. The Morgan fingerprint density at radius 1 is 0.500 bits per heavy atom. The molecule has 0 saturated carbocycles. The van der Waals surface area contributed by atoms with E-state index >= 15 is 0 Å². The molecule has 0 N–H and O–H groups in total. The van der Waals surface area contributed by atoms with Crippen LogP contribution in [0.3, 0.4) is 0 Å². The second-order valence-electron chi connectivity index (χ2n) is 10.6. The van der Waals surface area contributed by atoms with Gasteiger partial charge in [0.05, 0.1) is 26.2 Å². The zero-order valence-electron chi connectivity index (χ0n) is 24.1. The lowest BCUT2D eigenvalue weighted by Gasteiger charge is -2.26.